The highest BCUT2D eigenvalue weighted by atomic mass is 35.5. The number of carbonyl (C=O) groups excluding carboxylic acids is 1. The summed E-state index contributed by atoms with van der Waals surface area (Å²) in [5.74, 6) is -0.257. The lowest BCUT2D eigenvalue weighted by Gasteiger charge is -2.01. The molecule has 0 aliphatic heterocycles. The molecule has 90 valence electrons. The molecule has 4 nitrogen and oxygen atoms in total. The third kappa shape index (κ3) is 3.57. The topological polar surface area (TPSA) is 44.1 Å². The summed E-state index contributed by atoms with van der Waals surface area (Å²) in [6.07, 6.45) is 3.75. The molecule has 0 aliphatic rings. The minimum atomic E-state index is -0.257. The van der Waals surface area contributed by atoms with Crippen molar-refractivity contribution < 1.29 is 9.53 Å². The smallest absolute Gasteiger partial charge is 0.311 e. The van der Waals surface area contributed by atoms with Gasteiger partial charge in [0.25, 0.3) is 0 Å². The maximum Gasteiger partial charge on any atom is 0.311 e. The van der Waals surface area contributed by atoms with E-state index in [1.54, 1.807) is 16.9 Å². The molecule has 2 aromatic rings. The normalized spacial score (nSPS) is 10.5. The molecule has 2 aromatic heterocycles. The summed E-state index contributed by atoms with van der Waals surface area (Å²) in [7, 11) is 1.82. The number of thiophene rings is 1. The van der Waals surface area contributed by atoms with Gasteiger partial charge in [0.15, 0.2) is 0 Å². The first-order valence-corrected chi connectivity index (χ1v) is 6.20. The van der Waals surface area contributed by atoms with Crippen LogP contribution in [0.2, 0.25) is 4.34 Å². The first kappa shape index (κ1) is 12.1. The Morgan fingerprint density at radius 2 is 2.41 bits per heavy atom. The van der Waals surface area contributed by atoms with Gasteiger partial charge in [-0.15, -0.1) is 11.3 Å². The van der Waals surface area contributed by atoms with E-state index in [0.29, 0.717) is 4.34 Å². The summed E-state index contributed by atoms with van der Waals surface area (Å²) in [4.78, 5) is 12.4. The van der Waals surface area contributed by atoms with E-state index in [9.17, 15) is 4.79 Å². The van der Waals surface area contributed by atoms with Crippen molar-refractivity contribution in [2.45, 2.75) is 13.0 Å². The lowest BCUT2D eigenvalue weighted by atomic mass is 10.3. The van der Waals surface area contributed by atoms with Gasteiger partial charge >= 0.3 is 5.97 Å². The van der Waals surface area contributed by atoms with Gasteiger partial charge in [0.1, 0.15) is 6.61 Å². The van der Waals surface area contributed by atoms with Gasteiger partial charge in [-0.1, -0.05) is 11.6 Å². The van der Waals surface area contributed by atoms with Crippen molar-refractivity contribution in [3.63, 3.8) is 0 Å². The van der Waals surface area contributed by atoms with Crippen LogP contribution in [0.5, 0.6) is 0 Å². The SMILES string of the molecule is Cn1cc(COC(=O)Cc2ccc(Cl)s2)cn1. The average Bonchev–Trinajstić information content (AvgIpc) is 2.85. The Labute approximate surface area is 108 Å². The highest BCUT2D eigenvalue weighted by Gasteiger charge is 2.08. The molecule has 0 aliphatic carbocycles. The van der Waals surface area contributed by atoms with Gasteiger partial charge in [-0.2, -0.15) is 5.10 Å². The summed E-state index contributed by atoms with van der Waals surface area (Å²) in [5.41, 5.74) is 0.880. The molecule has 0 saturated carbocycles. The minimum Gasteiger partial charge on any atom is -0.460 e. The first-order valence-electron chi connectivity index (χ1n) is 5.01. The second kappa shape index (κ2) is 5.33. The molecule has 0 spiro atoms. The maximum atomic E-state index is 11.5. The molecule has 0 bridgehead atoms. The number of hydrogen-bond acceptors (Lipinski definition) is 4. The Hall–Kier alpha value is -1.33. The summed E-state index contributed by atoms with van der Waals surface area (Å²) >= 11 is 7.16. The second-order valence-corrected chi connectivity index (χ2v) is 5.37. The molecule has 0 aromatic carbocycles. The van der Waals surface area contributed by atoms with Crippen LogP contribution in [-0.2, 0) is 29.6 Å². The van der Waals surface area contributed by atoms with Crippen molar-refractivity contribution in [3.05, 3.63) is 39.3 Å². The number of carbonyl (C=O) groups is 1. The van der Waals surface area contributed by atoms with Crippen LogP contribution in [0, 0.1) is 0 Å². The van der Waals surface area contributed by atoms with Gasteiger partial charge in [0.2, 0.25) is 0 Å². The van der Waals surface area contributed by atoms with E-state index in [2.05, 4.69) is 5.10 Å². The molecule has 0 fully saturated rings. The predicted molar refractivity (Wildman–Crippen MR) is 66.0 cm³/mol. The summed E-state index contributed by atoms with van der Waals surface area (Å²) in [6.45, 7) is 0.256. The lowest BCUT2D eigenvalue weighted by molar-refractivity contribution is -0.144. The summed E-state index contributed by atoms with van der Waals surface area (Å²) in [6, 6.07) is 3.61. The van der Waals surface area contributed by atoms with Crippen LogP contribution < -0.4 is 0 Å². The first-order chi connectivity index (χ1) is 8.13. The van der Waals surface area contributed by atoms with Gasteiger partial charge in [0.05, 0.1) is 17.0 Å². The van der Waals surface area contributed by atoms with Crippen molar-refractivity contribution >= 4 is 28.9 Å². The molecule has 0 saturated heterocycles. The Morgan fingerprint density at radius 3 is 3.00 bits per heavy atom. The van der Waals surface area contributed by atoms with Crippen molar-refractivity contribution in [2.24, 2.45) is 7.05 Å². The van der Waals surface area contributed by atoms with Crippen LogP contribution in [0.4, 0.5) is 0 Å². The van der Waals surface area contributed by atoms with E-state index in [-0.39, 0.29) is 19.0 Å². The second-order valence-electron chi connectivity index (χ2n) is 3.57. The number of aryl methyl sites for hydroxylation is 1. The van der Waals surface area contributed by atoms with Gasteiger partial charge in [-0.3, -0.25) is 9.48 Å². The van der Waals surface area contributed by atoms with Crippen LogP contribution in [0.15, 0.2) is 24.5 Å². The largest absolute Gasteiger partial charge is 0.460 e. The number of nitrogens with zero attached hydrogens (tertiary/aromatic N) is 2. The zero-order valence-electron chi connectivity index (χ0n) is 9.22. The molecule has 2 heterocycles. The standard InChI is InChI=1S/C11H11ClN2O2S/c1-14-6-8(5-13-14)7-16-11(15)4-9-2-3-10(12)17-9/h2-3,5-6H,4,7H2,1H3. The molecule has 0 radical (unpaired) electrons. The molecule has 0 N–H and O–H groups in total. The number of hydrogen-bond donors (Lipinski definition) is 0. The Kier molecular flexibility index (Phi) is 3.81. The molecule has 17 heavy (non-hydrogen) atoms. The number of ether oxygens (including phenoxy) is 1. The predicted octanol–water partition coefficient (Wildman–Crippen LogP) is 2.42. The van der Waals surface area contributed by atoms with Crippen molar-refractivity contribution in [1.29, 1.82) is 0 Å². The third-order valence-electron chi connectivity index (χ3n) is 2.11. The van der Waals surface area contributed by atoms with Gasteiger partial charge in [-0.25, -0.2) is 0 Å². The minimum absolute atomic E-state index is 0.256. The highest BCUT2D eigenvalue weighted by Crippen LogP contribution is 2.22. The summed E-state index contributed by atoms with van der Waals surface area (Å²) in [5, 5.41) is 3.99. The van der Waals surface area contributed by atoms with Crippen molar-refractivity contribution in [3.8, 4) is 0 Å². The molecular formula is C11H11ClN2O2S. The Balaban J connectivity index is 1.82. The molecule has 2 rings (SSSR count). The summed E-state index contributed by atoms with van der Waals surface area (Å²) < 4.78 is 7.48. The van der Waals surface area contributed by atoms with Gasteiger partial charge in [0, 0.05) is 23.7 Å². The number of halogens is 1. The van der Waals surface area contributed by atoms with E-state index in [0.717, 1.165) is 10.4 Å². The van der Waals surface area contributed by atoms with E-state index in [4.69, 9.17) is 16.3 Å². The molecule has 0 unspecified atom stereocenters. The van der Waals surface area contributed by atoms with Crippen molar-refractivity contribution in [1.82, 2.24) is 9.78 Å². The number of rotatable bonds is 4. The fraction of sp³-hybridized carbons (Fsp3) is 0.273. The van der Waals surface area contributed by atoms with E-state index in [1.807, 2.05) is 19.3 Å². The molecule has 0 atom stereocenters. The van der Waals surface area contributed by atoms with Crippen LogP contribution in [-0.4, -0.2) is 15.7 Å². The molecule has 0 amide bonds. The number of esters is 1. The molecule has 6 heteroatoms. The molecular weight excluding hydrogens is 260 g/mol. The van der Waals surface area contributed by atoms with Crippen LogP contribution in [0.3, 0.4) is 0 Å². The average molecular weight is 271 g/mol. The van der Waals surface area contributed by atoms with Gasteiger partial charge in [-0.05, 0) is 12.1 Å². The van der Waals surface area contributed by atoms with Gasteiger partial charge < -0.3 is 4.74 Å². The van der Waals surface area contributed by atoms with Crippen LogP contribution >= 0.6 is 22.9 Å². The third-order valence-corrected chi connectivity index (χ3v) is 3.34. The Bertz CT molecular complexity index is 521. The Morgan fingerprint density at radius 1 is 1.59 bits per heavy atom. The quantitative estimate of drug-likeness (QED) is 0.802. The van der Waals surface area contributed by atoms with Crippen LogP contribution in [0.1, 0.15) is 10.4 Å². The monoisotopic (exact) mass is 270 g/mol. The zero-order chi connectivity index (χ0) is 12.3. The zero-order valence-corrected chi connectivity index (χ0v) is 10.8. The van der Waals surface area contributed by atoms with E-state index >= 15 is 0 Å². The van der Waals surface area contributed by atoms with Crippen molar-refractivity contribution in [2.75, 3.05) is 0 Å². The van der Waals surface area contributed by atoms with E-state index < -0.39 is 0 Å². The number of aromatic nitrogens is 2. The lowest BCUT2D eigenvalue weighted by Crippen LogP contribution is -2.06. The van der Waals surface area contributed by atoms with Crippen LogP contribution in [0.25, 0.3) is 0 Å². The highest BCUT2D eigenvalue weighted by molar-refractivity contribution is 7.16. The maximum absolute atomic E-state index is 11.5. The fourth-order valence-corrected chi connectivity index (χ4v) is 2.42. The fourth-order valence-electron chi connectivity index (χ4n) is 1.35. The van der Waals surface area contributed by atoms with E-state index in [1.165, 1.54) is 11.3 Å².